The van der Waals surface area contributed by atoms with E-state index in [-0.39, 0.29) is 0 Å². The number of benzene rings is 2. The first-order valence-electron chi connectivity index (χ1n) is 7.23. The van der Waals surface area contributed by atoms with Crippen molar-refractivity contribution in [3.05, 3.63) is 64.9 Å². The molecule has 0 amide bonds. The van der Waals surface area contributed by atoms with Gasteiger partial charge in [-0.15, -0.1) is 0 Å². The van der Waals surface area contributed by atoms with Crippen LogP contribution in [0.3, 0.4) is 0 Å². The monoisotopic (exact) mass is 358 g/mol. The van der Waals surface area contributed by atoms with Gasteiger partial charge in [-0.05, 0) is 36.4 Å². The third kappa shape index (κ3) is 2.54. The number of oxazole rings is 1. The van der Waals surface area contributed by atoms with Crippen LogP contribution in [-0.2, 0) is 0 Å². The first-order valence-corrected chi connectivity index (χ1v) is 7.98. The van der Waals surface area contributed by atoms with Gasteiger partial charge in [-0.2, -0.15) is 0 Å². The Balaban J connectivity index is 1.81. The Morgan fingerprint density at radius 3 is 2.42 bits per heavy atom. The summed E-state index contributed by atoms with van der Waals surface area (Å²) >= 11 is 12.4. The molecule has 0 atom stereocenters. The number of fused-ring (bicyclic) bond motifs is 1. The van der Waals surface area contributed by atoms with Crippen LogP contribution in [0.4, 0.5) is 0 Å². The van der Waals surface area contributed by atoms with Gasteiger partial charge in [0.05, 0.1) is 17.2 Å². The Hall–Kier alpha value is -2.43. The van der Waals surface area contributed by atoms with Gasteiger partial charge < -0.3 is 13.7 Å². The van der Waals surface area contributed by atoms with Crippen LogP contribution in [0.25, 0.3) is 28.2 Å². The zero-order chi connectivity index (χ0) is 16.7. The van der Waals surface area contributed by atoms with Crippen LogP contribution in [0, 0.1) is 0 Å². The summed E-state index contributed by atoms with van der Waals surface area (Å²) in [6.07, 6.45) is 3.95. The third-order valence-electron chi connectivity index (χ3n) is 3.72. The molecule has 4 aromatic rings. The van der Waals surface area contributed by atoms with E-state index >= 15 is 0 Å². The van der Waals surface area contributed by atoms with E-state index in [4.69, 9.17) is 32.4 Å². The number of hydrogen-bond donors (Lipinski definition) is 0. The van der Waals surface area contributed by atoms with Crippen LogP contribution in [0.1, 0.15) is 0 Å². The molecule has 0 aliphatic rings. The molecular formula is C18H12Cl2N2O2. The molecule has 24 heavy (non-hydrogen) atoms. The number of methoxy groups -OCH3 is 1. The van der Waals surface area contributed by atoms with Crippen molar-refractivity contribution in [3.8, 4) is 22.9 Å². The summed E-state index contributed by atoms with van der Waals surface area (Å²) in [4.78, 5) is 4.51. The van der Waals surface area contributed by atoms with Crippen molar-refractivity contribution in [2.24, 2.45) is 0 Å². The number of halogens is 2. The molecule has 0 spiro atoms. The summed E-state index contributed by atoms with van der Waals surface area (Å²) in [5, 5.41) is 0.825. The SMILES string of the molecule is COc1c(Cl)cc(-c2nc3ccc(-n4cccc4)cc3o2)cc1Cl. The average molecular weight is 359 g/mol. The lowest BCUT2D eigenvalue weighted by Gasteiger charge is -2.06. The maximum Gasteiger partial charge on any atom is 0.227 e. The first-order chi connectivity index (χ1) is 11.7. The lowest BCUT2D eigenvalue weighted by Crippen LogP contribution is -1.88. The van der Waals surface area contributed by atoms with Crippen molar-refractivity contribution < 1.29 is 9.15 Å². The summed E-state index contributed by atoms with van der Waals surface area (Å²) < 4.78 is 13.1. The van der Waals surface area contributed by atoms with Gasteiger partial charge in [-0.25, -0.2) is 4.98 Å². The Morgan fingerprint density at radius 2 is 1.75 bits per heavy atom. The van der Waals surface area contributed by atoms with Crippen molar-refractivity contribution in [3.63, 3.8) is 0 Å². The number of ether oxygens (including phenoxy) is 1. The van der Waals surface area contributed by atoms with Crippen LogP contribution in [0.5, 0.6) is 5.75 Å². The van der Waals surface area contributed by atoms with Gasteiger partial charge in [0.1, 0.15) is 5.52 Å². The average Bonchev–Trinajstić information content (AvgIpc) is 3.23. The van der Waals surface area contributed by atoms with E-state index in [9.17, 15) is 0 Å². The minimum Gasteiger partial charge on any atom is -0.494 e. The molecule has 0 N–H and O–H groups in total. The molecule has 2 heterocycles. The first kappa shape index (κ1) is 15.1. The topological polar surface area (TPSA) is 40.2 Å². The minimum absolute atomic E-state index is 0.412. The normalized spacial score (nSPS) is 11.1. The fourth-order valence-electron chi connectivity index (χ4n) is 2.58. The number of nitrogens with zero attached hydrogens (tertiary/aromatic N) is 2. The Bertz CT molecular complexity index is 1000. The fourth-order valence-corrected chi connectivity index (χ4v) is 3.22. The molecule has 0 saturated carbocycles. The van der Waals surface area contributed by atoms with Gasteiger partial charge in [0.2, 0.25) is 5.89 Å². The summed E-state index contributed by atoms with van der Waals surface area (Å²) in [6.45, 7) is 0. The van der Waals surface area contributed by atoms with Gasteiger partial charge >= 0.3 is 0 Å². The van der Waals surface area contributed by atoms with Crippen molar-refractivity contribution in [1.29, 1.82) is 0 Å². The van der Waals surface area contributed by atoms with Crippen LogP contribution in [-0.4, -0.2) is 16.7 Å². The lowest BCUT2D eigenvalue weighted by atomic mass is 10.2. The second kappa shape index (κ2) is 5.89. The third-order valence-corrected chi connectivity index (χ3v) is 4.29. The molecule has 4 nitrogen and oxygen atoms in total. The van der Waals surface area contributed by atoms with Crippen molar-refractivity contribution in [1.82, 2.24) is 9.55 Å². The highest BCUT2D eigenvalue weighted by atomic mass is 35.5. The summed E-state index contributed by atoms with van der Waals surface area (Å²) in [5.41, 5.74) is 3.16. The molecule has 0 unspecified atom stereocenters. The minimum atomic E-state index is 0.412. The molecule has 0 bridgehead atoms. The second-order valence-electron chi connectivity index (χ2n) is 5.23. The second-order valence-corrected chi connectivity index (χ2v) is 6.05. The quantitative estimate of drug-likeness (QED) is 0.478. The van der Waals surface area contributed by atoms with Gasteiger partial charge in [-0.3, -0.25) is 0 Å². The van der Waals surface area contributed by atoms with Crippen LogP contribution in [0.15, 0.2) is 59.3 Å². The van der Waals surface area contributed by atoms with Crippen LogP contribution in [0.2, 0.25) is 10.0 Å². The number of hydrogen-bond acceptors (Lipinski definition) is 3. The predicted molar refractivity (Wildman–Crippen MR) is 95.3 cm³/mol. The Morgan fingerprint density at radius 1 is 1.04 bits per heavy atom. The zero-order valence-corrected chi connectivity index (χ0v) is 14.2. The van der Waals surface area contributed by atoms with Crippen molar-refractivity contribution in [2.75, 3.05) is 7.11 Å². The van der Waals surface area contributed by atoms with E-state index in [0.717, 1.165) is 11.2 Å². The predicted octanol–water partition coefficient (Wildman–Crippen LogP) is 5.60. The van der Waals surface area contributed by atoms with E-state index < -0.39 is 0 Å². The molecule has 0 radical (unpaired) electrons. The Kier molecular flexibility index (Phi) is 3.71. The van der Waals surface area contributed by atoms with Crippen LogP contribution < -0.4 is 4.74 Å². The molecule has 4 rings (SSSR count). The molecule has 0 saturated heterocycles. The molecular weight excluding hydrogens is 347 g/mol. The maximum absolute atomic E-state index is 6.19. The van der Waals surface area contributed by atoms with Crippen molar-refractivity contribution >= 4 is 34.3 Å². The molecule has 2 aromatic heterocycles. The summed E-state index contributed by atoms with van der Waals surface area (Å²) in [5.74, 6) is 0.897. The molecule has 0 fully saturated rings. The lowest BCUT2D eigenvalue weighted by molar-refractivity contribution is 0.415. The maximum atomic E-state index is 6.19. The van der Waals surface area contributed by atoms with E-state index in [0.29, 0.717) is 32.8 Å². The van der Waals surface area contributed by atoms with Crippen molar-refractivity contribution in [2.45, 2.75) is 0 Å². The standard InChI is InChI=1S/C18H12Cl2N2O2/c1-23-17-13(19)8-11(9-14(17)20)18-21-15-5-4-12(10-16(15)24-18)22-6-2-3-7-22/h2-10H,1H3. The molecule has 0 aliphatic carbocycles. The number of rotatable bonds is 3. The molecule has 120 valence electrons. The largest absolute Gasteiger partial charge is 0.494 e. The van der Waals surface area contributed by atoms with Crippen LogP contribution >= 0.6 is 23.2 Å². The molecule has 0 aliphatic heterocycles. The summed E-state index contributed by atoms with van der Waals surface area (Å²) in [7, 11) is 1.52. The highest BCUT2D eigenvalue weighted by Gasteiger charge is 2.14. The number of aromatic nitrogens is 2. The van der Waals surface area contributed by atoms with Gasteiger partial charge in [0.15, 0.2) is 11.3 Å². The smallest absolute Gasteiger partial charge is 0.227 e. The van der Waals surface area contributed by atoms with E-state index in [1.807, 2.05) is 47.3 Å². The van der Waals surface area contributed by atoms with E-state index in [1.165, 1.54) is 7.11 Å². The fraction of sp³-hybridized carbons (Fsp3) is 0.0556. The Labute approximate surface area is 148 Å². The van der Waals surface area contributed by atoms with E-state index in [2.05, 4.69) is 4.98 Å². The van der Waals surface area contributed by atoms with E-state index in [1.54, 1.807) is 12.1 Å². The van der Waals surface area contributed by atoms with Gasteiger partial charge in [0.25, 0.3) is 0 Å². The zero-order valence-electron chi connectivity index (χ0n) is 12.7. The molecule has 6 heteroatoms. The highest BCUT2D eigenvalue weighted by Crippen LogP contribution is 2.37. The highest BCUT2D eigenvalue weighted by molar-refractivity contribution is 6.37. The molecule has 2 aromatic carbocycles. The van der Waals surface area contributed by atoms with Gasteiger partial charge in [0, 0.05) is 29.7 Å². The summed E-state index contributed by atoms with van der Waals surface area (Å²) in [6, 6.07) is 13.2. The van der Waals surface area contributed by atoms with Gasteiger partial charge in [-0.1, -0.05) is 23.2 Å².